The number of hydrogen-bond acceptors (Lipinski definition) is 3. The van der Waals surface area contributed by atoms with Crippen LogP contribution in [0.3, 0.4) is 0 Å². The fourth-order valence-electron chi connectivity index (χ4n) is 2.77. The van der Waals surface area contributed by atoms with Gasteiger partial charge in [-0.05, 0) is 42.8 Å². The second kappa shape index (κ2) is 6.76. The van der Waals surface area contributed by atoms with Crippen molar-refractivity contribution in [1.82, 2.24) is 4.57 Å². The SMILES string of the molecule is COc1cccc2c(C)cc(=O)n(CC(=O)Nc3ccc(F)cc3)c12. The van der Waals surface area contributed by atoms with Gasteiger partial charge in [-0.25, -0.2) is 4.39 Å². The molecule has 1 aromatic heterocycles. The van der Waals surface area contributed by atoms with Crippen LogP contribution in [-0.4, -0.2) is 17.6 Å². The van der Waals surface area contributed by atoms with Crippen molar-refractivity contribution in [2.75, 3.05) is 12.4 Å². The molecule has 0 spiro atoms. The molecule has 0 radical (unpaired) electrons. The molecule has 0 saturated heterocycles. The van der Waals surface area contributed by atoms with Crippen molar-refractivity contribution < 1.29 is 13.9 Å². The van der Waals surface area contributed by atoms with Gasteiger partial charge in [-0.3, -0.25) is 14.2 Å². The minimum absolute atomic E-state index is 0.173. The molecule has 0 unspecified atom stereocenters. The Morgan fingerprint density at radius 3 is 2.60 bits per heavy atom. The molecule has 3 aromatic rings. The van der Waals surface area contributed by atoms with Crippen molar-refractivity contribution in [3.63, 3.8) is 0 Å². The predicted octanol–water partition coefficient (Wildman–Crippen LogP) is 3.10. The highest BCUT2D eigenvalue weighted by atomic mass is 19.1. The Morgan fingerprint density at radius 2 is 1.92 bits per heavy atom. The Hall–Kier alpha value is -3.15. The molecule has 0 aliphatic carbocycles. The molecule has 0 aliphatic heterocycles. The van der Waals surface area contributed by atoms with E-state index in [1.165, 1.54) is 42.0 Å². The van der Waals surface area contributed by atoms with E-state index >= 15 is 0 Å². The number of nitrogens with one attached hydrogen (secondary N) is 1. The standard InChI is InChI=1S/C19H17FN2O3/c1-12-10-18(24)22(19-15(12)4-3-5-16(19)25-2)11-17(23)21-14-8-6-13(20)7-9-14/h3-10H,11H2,1-2H3,(H,21,23). The Balaban J connectivity index is 1.99. The maximum Gasteiger partial charge on any atom is 0.251 e. The number of halogens is 1. The summed E-state index contributed by atoms with van der Waals surface area (Å²) in [4.78, 5) is 24.8. The quantitative estimate of drug-likeness (QED) is 0.794. The summed E-state index contributed by atoms with van der Waals surface area (Å²) >= 11 is 0. The number of para-hydroxylation sites is 1. The van der Waals surface area contributed by atoms with E-state index in [4.69, 9.17) is 4.74 Å². The number of methoxy groups -OCH3 is 1. The van der Waals surface area contributed by atoms with Gasteiger partial charge >= 0.3 is 0 Å². The van der Waals surface area contributed by atoms with E-state index in [9.17, 15) is 14.0 Å². The average molecular weight is 340 g/mol. The molecule has 25 heavy (non-hydrogen) atoms. The molecule has 0 saturated carbocycles. The van der Waals surface area contributed by atoms with Gasteiger partial charge in [0.25, 0.3) is 5.56 Å². The molecular formula is C19H17FN2O3. The van der Waals surface area contributed by atoms with Crippen LogP contribution in [0.25, 0.3) is 10.9 Å². The van der Waals surface area contributed by atoms with Crippen LogP contribution in [-0.2, 0) is 11.3 Å². The Kier molecular flexibility index (Phi) is 4.52. The third kappa shape index (κ3) is 3.38. The number of anilines is 1. The van der Waals surface area contributed by atoms with E-state index in [1.54, 1.807) is 6.07 Å². The zero-order chi connectivity index (χ0) is 18.0. The van der Waals surface area contributed by atoms with Crippen molar-refractivity contribution in [2.45, 2.75) is 13.5 Å². The Bertz CT molecular complexity index is 994. The highest BCUT2D eigenvalue weighted by Crippen LogP contribution is 2.26. The number of carbonyl (C=O) groups is 1. The Morgan fingerprint density at radius 1 is 1.20 bits per heavy atom. The minimum atomic E-state index is -0.386. The zero-order valence-electron chi connectivity index (χ0n) is 13.9. The topological polar surface area (TPSA) is 60.3 Å². The summed E-state index contributed by atoms with van der Waals surface area (Å²) in [5.41, 5.74) is 1.56. The lowest BCUT2D eigenvalue weighted by atomic mass is 10.1. The van der Waals surface area contributed by atoms with Crippen LogP contribution in [0, 0.1) is 12.7 Å². The van der Waals surface area contributed by atoms with Gasteiger partial charge in [0.15, 0.2) is 0 Å². The summed E-state index contributed by atoms with van der Waals surface area (Å²) in [7, 11) is 1.52. The van der Waals surface area contributed by atoms with Crippen molar-refractivity contribution in [3.05, 3.63) is 70.3 Å². The van der Waals surface area contributed by atoms with E-state index < -0.39 is 0 Å². The molecule has 1 amide bonds. The molecule has 3 rings (SSSR count). The van der Waals surface area contributed by atoms with Gasteiger partial charge in [-0.1, -0.05) is 12.1 Å². The second-order valence-corrected chi connectivity index (χ2v) is 5.66. The zero-order valence-corrected chi connectivity index (χ0v) is 13.9. The molecule has 0 atom stereocenters. The van der Waals surface area contributed by atoms with Crippen LogP contribution < -0.4 is 15.6 Å². The number of hydrogen-bond donors (Lipinski definition) is 1. The highest BCUT2D eigenvalue weighted by Gasteiger charge is 2.14. The predicted molar refractivity (Wildman–Crippen MR) is 94.5 cm³/mol. The number of carbonyl (C=O) groups excluding carboxylic acids is 1. The van der Waals surface area contributed by atoms with Crippen LogP contribution in [0.4, 0.5) is 10.1 Å². The lowest BCUT2D eigenvalue weighted by Crippen LogP contribution is -2.28. The van der Waals surface area contributed by atoms with Gasteiger partial charge in [0, 0.05) is 17.1 Å². The summed E-state index contributed by atoms with van der Waals surface area (Å²) in [5, 5.41) is 3.50. The molecule has 1 heterocycles. The molecule has 2 aromatic carbocycles. The number of fused-ring (bicyclic) bond motifs is 1. The maximum atomic E-state index is 12.9. The largest absolute Gasteiger partial charge is 0.495 e. The van der Waals surface area contributed by atoms with Gasteiger partial charge in [0.2, 0.25) is 5.91 Å². The summed E-state index contributed by atoms with van der Waals surface area (Å²) in [5.74, 6) is -0.249. The van der Waals surface area contributed by atoms with Crippen LogP contribution in [0.15, 0.2) is 53.3 Å². The minimum Gasteiger partial charge on any atom is -0.495 e. The lowest BCUT2D eigenvalue weighted by Gasteiger charge is -2.15. The fraction of sp³-hybridized carbons (Fsp3) is 0.158. The van der Waals surface area contributed by atoms with Gasteiger partial charge in [0.05, 0.1) is 12.6 Å². The van der Waals surface area contributed by atoms with E-state index in [0.717, 1.165) is 10.9 Å². The average Bonchev–Trinajstić information content (AvgIpc) is 2.60. The number of amides is 1. The van der Waals surface area contributed by atoms with Crippen molar-refractivity contribution in [3.8, 4) is 5.75 Å². The first-order valence-corrected chi connectivity index (χ1v) is 7.72. The van der Waals surface area contributed by atoms with Gasteiger partial charge in [-0.15, -0.1) is 0 Å². The highest BCUT2D eigenvalue weighted by molar-refractivity contribution is 5.93. The van der Waals surface area contributed by atoms with Crippen LogP contribution >= 0.6 is 0 Å². The first-order valence-electron chi connectivity index (χ1n) is 7.72. The van der Waals surface area contributed by atoms with Crippen LogP contribution in [0.5, 0.6) is 5.75 Å². The van der Waals surface area contributed by atoms with Crippen LogP contribution in [0.1, 0.15) is 5.56 Å². The molecule has 1 N–H and O–H groups in total. The number of ether oxygens (including phenoxy) is 1. The maximum absolute atomic E-state index is 12.9. The van der Waals surface area contributed by atoms with E-state index in [0.29, 0.717) is 17.0 Å². The first-order chi connectivity index (χ1) is 12.0. The normalized spacial score (nSPS) is 10.7. The van der Waals surface area contributed by atoms with Crippen molar-refractivity contribution >= 4 is 22.5 Å². The van der Waals surface area contributed by atoms with Gasteiger partial charge in [-0.2, -0.15) is 0 Å². The third-order valence-electron chi connectivity index (χ3n) is 3.95. The van der Waals surface area contributed by atoms with E-state index in [2.05, 4.69) is 5.32 Å². The smallest absolute Gasteiger partial charge is 0.251 e. The summed E-state index contributed by atoms with van der Waals surface area (Å²) in [6.45, 7) is 1.67. The molecule has 0 aliphatic rings. The summed E-state index contributed by atoms with van der Waals surface area (Å²) in [6.07, 6.45) is 0. The molecular weight excluding hydrogens is 323 g/mol. The fourth-order valence-corrected chi connectivity index (χ4v) is 2.77. The number of aromatic nitrogens is 1. The number of rotatable bonds is 4. The Labute approximate surface area is 143 Å². The van der Waals surface area contributed by atoms with Crippen molar-refractivity contribution in [2.24, 2.45) is 0 Å². The number of nitrogens with zero attached hydrogens (tertiary/aromatic N) is 1. The molecule has 5 nitrogen and oxygen atoms in total. The number of aryl methyl sites for hydroxylation is 1. The van der Waals surface area contributed by atoms with Crippen molar-refractivity contribution in [1.29, 1.82) is 0 Å². The lowest BCUT2D eigenvalue weighted by molar-refractivity contribution is -0.116. The second-order valence-electron chi connectivity index (χ2n) is 5.66. The first kappa shape index (κ1) is 16.7. The number of pyridine rings is 1. The van der Waals surface area contributed by atoms with E-state index in [-0.39, 0.29) is 23.8 Å². The third-order valence-corrected chi connectivity index (χ3v) is 3.95. The van der Waals surface area contributed by atoms with Crippen LogP contribution in [0.2, 0.25) is 0 Å². The molecule has 6 heteroatoms. The van der Waals surface area contributed by atoms with Gasteiger partial charge < -0.3 is 10.1 Å². The summed E-state index contributed by atoms with van der Waals surface area (Å²) < 4.78 is 19.7. The molecule has 0 bridgehead atoms. The summed E-state index contributed by atoms with van der Waals surface area (Å²) in [6, 6.07) is 12.4. The molecule has 128 valence electrons. The molecule has 0 fully saturated rings. The monoisotopic (exact) mass is 340 g/mol. The van der Waals surface area contributed by atoms with E-state index in [1.807, 2.05) is 19.1 Å². The number of benzene rings is 2. The van der Waals surface area contributed by atoms with Gasteiger partial charge in [0.1, 0.15) is 18.1 Å².